The fourth-order valence-corrected chi connectivity index (χ4v) is 3.02. The summed E-state index contributed by atoms with van der Waals surface area (Å²) < 4.78 is 7.51. The molecule has 0 bridgehead atoms. The van der Waals surface area contributed by atoms with E-state index in [2.05, 4.69) is 20.3 Å². The molecule has 26 heavy (non-hydrogen) atoms. The molecule has 1 aromatic carbocycles. The van der Waals surface area contributed by atoms with Crippen LogP contribution in [0.1, 0.15) is 23.0 Å². The second-order valence-electron chi connectivity index (χ2n) is 6.08. The van der Waals surface area contributed by atoms with Crippen molar-refractivity contribution < 1.29 is 14.6 Å². The van der Waals surface area contributed by atoms with Gasteiger partial charge in [-0.1, -0.05) is 18.2 Å². The molecule has 4 N–H and O–H groups in total. The van der Waals surface area contributed by atoms with Crippen LogP contribution in [0, 0.1) is 0 Å². The maximum absolute atomic E-state index is 12.4. The molecule has 1 amide bonds. The van der Waals surface area contributed by atoms with Crippen molar-refractivity contribution in [2.45, 2.75) is 24.8 Å². The van der Waals surface area contributed by atoms with Gasteiger partial charge in [-0.15, -0.1) is 0 Å². The molecule has 9 heteroatoms. The number of aliphatic hydroxyl groups excluding tert-OH is 1. The number of nitrogens with one attached hydrogen (secondary N) is 1. The second kappa shape index (κ2) is 6.79. The zero-order valence-electron chi connectivity index (χ0n) is 13.8. The number of imidazole rings is 1. The Hall–Kier alpha value is -2.88. The van der Waals surface area contributed by atoms with Gasteiger partial charge in [0.2, 0.25) is 0 Å². The molecule has 1 aliphatic heterocycles. The first kappa shape index (κ1) is 16.6. The van der Waals surface area contributed by atoms with Crippen molar-refractivity contribution >= 4 is 22.9 Å². The third kappa shape index (κ3) is 2.92. The van der Waals surface area contributed by atoms with E-state index in [4.69, 9.17) is 10.5 Å². The van der Waals surface area contributed by atoms with Crippen LogP contribution in [0.15, 0.2) is 43.0 Å². The SMILES string of the molecule is NC1CC(n2cnc3c(NC(=O)c4ccccc4)ncnc32)OC1CO. The summed E-state index contributed by atoms with van der Waals surface area (Å²) in [6.45, 7) is -0.141. The largest absolute Gasteiger partial charge is 0.394 e. The zero-order chi connectivity index (χ0) is 18.1. The summed E-state index contributed by atoms with van der Waals surface area (Å²) in [5, 5.41) is 12.1. The van der Waals surface area contributed by atoms with Gasteiger partial charge in [-0.3, -0.25) is 9.36 Å². The molecular formula is C17H18N6O3. The number of carbonyl (C=O) groups excluding carboxylic acids is 1. The van der Waals surface area contributed by atoms with Gasteiger partial charge in [0, 0.05) is 18.0 Å². The Balaban J connectivity index is 1.63. The summed E-state index contributed by atoms with van der Waals surface area (Å²) in [4.78, 5) is 25.1. The quantitative estimate of drug-likeness (QED) is 0.628. The number of carbonyl (C=O) groups is 1. The van der Waals surface area contributed by atoms with Gasteiger partial charge in [-0.2, -0.15) is 0 Å². The Morgan fingerprint density at radius 1 is 1.31 bits per heavy atom. The molecule has 134 valence electrons. The van der Waals surface area contributed by atoms with Gasteiger partial charge in [-0.05, 0) is 12.1 Å². The van der Waals surface area contributed by atoms with Gasteiger partial charge in [0.05, 0.1) is 19.0 Å². The first-order chi connectivity index (χ1) is 12.7. The Kier molecular flexibility index (Phi) is 4.33. The lowest BCUT2D eigenvalue weighted by molar-refractivity contribution is -0.0233. The number of hydrogen-bond donors (Lipinski definition) is 3. The number of rotatable bonds is 4. The number of ether oxygens (including phenoxy) is 1. The first-order valence-electron chi connectivity index (χ1n) is 8.23. The molecule has 4 rings (SSSR count). The lowest BCUT2D eigenvalue weighted by Gasteiger charge is -2.13. The van der Waals surface area contributed by atoms with Crippen LogP contribution in [-0.4, -0.2) is 49.3 Å². The van der Waals surface area contributed by atoms with Gasteiger partial charge in [0.15, 0.2) is 17.0 Å². The minimum absolute atomic E-state index is 0.141. The van der Waals surface area contributed by atoms with Crippen molar-refractivity contribution in [3.8, 4) is 0 Å². The van der Waals surface area contributed by atoms with Crippen molar-refractivity contribution in [2.24, 2.45) is 5.73 Å². The molecule has 3 aromatic rings. The summed E-state index contributed by atoms with van der Waals surface area (Å²) in [7, 11) is 0. The highest BCUT2D eigenvalue weighted by Gasteiger charge is 2.34. The van der Waals surface area contributed by atoms with E-state index in [1.807, 2.05) is 6.07 Å². The number of benzene rings is 1. The average molecular weight is 354 g/mol. The molecule has 3 heterocycles. The molecule has 3 unspecified atom stereocenters. The second-order valence-corrected chi connectivity index (χ2v) is 6.08. The molecular weight excluding hydrogens is 336 g/mol. The van der Waals surface area contributed by atoms with E-state index in [0.717, 1.165) is 0 Å². The van der Waals surface area contributed by atoms with Crippen molar-refractivity contribution in [1.29, 1.82) is 0 Å². The minimum Gasteiger partial charge on any atom is -0.394 e. The number of aliphatic hydroxyl groups is 1. The normalized spacial score (nSPS) is 22.6. The molecule has 3 atom stereocenters. The predicted octanol–water partition coefficient (Wildman–Crippen LogP) is 0.686. The lowest BCUT2D eigenvalue weighted by atomic mass is 10.1. The van der Waals surface area contributed by atoms with Crippen LogP contribution in [0.2, 0.25) is 0 Å². The smallest absolute Gasteiger partial charge is 0.256 e. The maximum Gasteiger partial charge on any atom is 0.256 e. The molecule has 0 aliphatic carbocycles. The van der Waals surface area contributed by atoms with Crippen LogP contribution < -0.4 is 11.1 Å². The number of fused-ring (bicyclic) bond motifs is 1. The van der Waals surface area contributed by atoms with Crippen molar-refractivity contribution in [1.82, 2.24) is 19.5 Å². The third-order valence-corrected chi connectivity index (χ3v) is 4.40. The molecule has 1 aliphatic rings. The van der Waals surface area contributed by atoms with Gasteiger partial charge >= 0.3 is 0 Å². The minimum atomic E-state index is -0.420. The fraction of sp³-hybridized carbons (Fsp3) is 0.294. The fourth-order valence-electron chi connectivity index (χ4n) is 3.02. The number of anilines is 1. The molecule has 2 aromatic heterocycles. The highest BCUT2D eigenvalue weighted by atomic mass is 16.5. The summed E-state index contributed by atoms with van der Waals surface area (Å²) in [5.74, 6) is 0.0447. The highest BCUT2D eigenvalue weighted by molar-refractivity contribution is 6.06. The maximum atomic E-state index is 12.4. The number of nitrogens with two attached hydrogens (primary N) is 1. The third-order valence-electron chi connectivity index (χ3n) is 4.40. The Labute approximate surface area is 148 Å². The first-order valence-corrected chi connectivity index (χ1v) is 8.23. The van der Waals surface area contributed by atoms with Gasteiger partial charge in [-0.25, -0.2) is 15.0 Å². The van der Waals surface area contributed by atoms with Gasteiger partial charge in [0.25, 0.3) is 5.91 Å². The predicted molar refractivity (Wildman–Crippen MR) is 93.3 cm³/mol. The Morgan fingerprint density at radius 3 is 2.85 bits per heavy atom. The highest BCUT2D eigenvalue weighted by Crippen LogP contribution is 2.30. The molecule has 1 saturated heterocycles. The number of amides is 1. The average Bonchev–Trinajstić information content (AvgIpc) is 3.26. The molecule has 1 fully saturated rings. The van der Waals surface area contributed by atoms with Crippen molar-refractivity contribution in [3.63, 3.8) is 0 Å². The molecule has 0 saturated carbocycles. The summed E-state index contributed by atoms with van der Waals surface area (Å²) >= 11 is 0. The van der Waals surface area contributed by atoms with E-state index < -0.39 is 6.10 Å². The van der Waals surface area contributed by atoms with E-state index >= 15 is 0 Å². The lowest BCUT2D eigenvalue weighted by Crippen LogP contribution is -2.32. The van der Waals surface area contributed by atoms with Gasteiger partial charge < -0.3 is 20.9 Å². The Morgan fingerprint density at radius 2 is 2.12 bits per heavy atom. The zero-order valence-corrected chi connectivity index (χ0v) is 13.8. The standard InChI is InChI=1S/C17H18N6O3/c18-11-6-13(26-12(11)7-24)23-9-21-14-15(19-8-20-16(14)23)22-17(25)10-4-2-1-3-5-10/h1-5,8-9,11-13,24H,6-7,18H2,(H,19,20,22,25). The number of aromatic nitrogens is 4. The van der Waals surface area contributed by atoms with E-state index in [9.17, 15) is 9.90 Å². The van der Waals surface area contributed by atoms with Crippen molar-refractivity contribution in [2.75, 3.05) is 11.9 Å². The topological polar surface area (TPSA) is 128 Å². The number of hydrogen-bond acceptors (Lipinski definition) is 7. The van der Waals surface area contributed by atoms with E-state index in [1.54, 1.807) is 35.2 Å². The van der Waals surface area contributed by atoms with Crippen LogP contribution in [-0.2, 0) is 4.74 Å². The molecule has 0 spiro atoms. The van der Waals surface area contributed by atoms with Crippen molar-refractivity contribution in [3.05, 3.63) is 48.5 Å². The van der Waals surface area contributed by atoms with Crippen LogP contribution >= 0.6 is 0 Å². The monoisotopic (exact) mass is 354 g/mol. The number of nitrogens with zero attached hydrogens (tertiary/aromatic N) is 4. The van der Waals surface area contributed by atoms with Crippen LogP contribution in [0.25, 0.3) is 11.2 Å². The molecule has 0 radical (unpaired) electrons. The van der Waals surface area contributed by atoms with E-state index in [1.165, 1.54) is 6.33 Å². The van der Waals surface area contributed by atoms with Gasteiger partial charge in [0.1, 0.15) is 12.6 Å². The summed E-state index contributed by atoms with van der Waals surface area (Å²) in [6, 6.07) is 8.59. The van der Waals surface area contributed by atoms with Crippen LogP contribution in [0.3, 0.4) is 0 Å². The van der Waals surface area contributed by atoms with E-state index in [-0.39, 0.29) is 24.8 Å². The summed E-state index contributed by atoms with van der Waals surface area (Å²) in [5.41, 5.74) is 7.49. The van der Waals surface area contributed by atoms with E-state index in [0.29, 0.717) is 29.0 Å². The van der Waals surface area contributed by atoms with Crippen LogP contribution in [0.4, 0.5) is 5.82 Å². The van der Waals surface area contributed by atoms with Crippen LogP contribution in [0.5, 0.6) is 0 Å². The Bertz CT molecular complexity index is 929. The molecule has 9 nitrogen and oxygen atoms in total. The summed E-state index contributed by atoms with van der Waals surface area (Å²) in [6.07, 6.45) is 2.68.